The number of fused-ring (bicyclic) bond motifs is 1. The number of halogens is 1. The van der Waals surface area contributed by atoms with Crippen molar-refractivity contribution >= 4 is 16.8 Å². The predicted octanol–water partition coefficient (Wildman–Crippen LogP) is 2.45. The van der Waals surface area contributed by atoms with E-state index in [1.807, 2.05) is 30.3 Å². The van der Waals surface area contributed by atoms with E-state index in [1.165, 1.54) is 25.2 Å². The van der Waals surface area contributed by atoms with Gasteiger partial charge in [0.1, 0.15) is 11.5 Å². The highest BCUT2D eigenvalue weighted by Gasteiger charge is 2.14. The number of piperazine rings is 1. The van der Waals surface area contributed by atoms with Gasteiger partial charge in [0.05, 0.1) is 5.52 Å². The summed E-state index contributed by atoms with van der Waals surface area (Å²) in [5, 5.41) is 4.08. The Kier molecular flexibility index (Phi) is 6.21. The van der Waals surface area contributed by atoms with Gasteiger partial charge in [-0.15, -0.1) is 0 Å². The van der Waals surface area contributed by atoms with Gasteiger partial charge >= 0.3 is 0 Å². The fourth-order valence-corrected chi connectivity index (χ4v) is 3.14. The number of aromatic nitrogens is 1. The Hall–Kier alpha value is -2.70. The smallest absolute Gasteiger partial charge is 0.265 e. The van der Waals surface area contributed by atoms with E-state index in [0.717, 1.165) is 24.0 Å². The van der Waals surface area contributed by atoms with E-state index >= 15 is 0 Å². The topological polar surface area (TPSA) is 63.3 Å². The third-order valence-electron chi connectivity index (χ3n) is 4.64. The van der Waals surface area contributed by atoms with Crippen LogP contribution in [0.4, 0.5) is 4.39 Å². The van der Waals surface area contributed by atoms with Crippen molar-refractivity contribution in [1.82, 2.24) is 14.8 Å². The van der Waals surface area contributed by atoms with Gasteiger partial charge in [0.2, 0.25) is 0 Å². The molecule has 0 atom stereocenters. The molecule has 4 rings (SSSR count). The van der Waals surface area contributed by atoms with Crippen LogP contribution in [0, 0.1) is 5.82 Å². The number of benzene rings is 2. The van der Waals surface area contributed by atoms with Crippen LogP contribution in [0.1, 0.15) is 16.1 Å². The van der Waals surface area contributed by atoms with Gasteiger partial charge in [0.15, 0.2) is 0 Å². The summed E-state index contributed by atoms with van der Waals surface area (Å²) in [6.07, 6.45) is 0. The first-order valence-electron chi connectivity index (χ1n) is 9.06. The minimum absolute atomic E-state index is 0.332. The number of amides is 1. The number of nitrogens with zero attached hydrogens (tertiary/aromatic N) is 2. The molecule has 3 N–H and O–H groups in total. The van der Waals surface area contributed by atoms with Gasteiger partial charge in [0.25, 0.3) is 5.91 Å². The van der Waals surface area contributed by atoms with E-state index in [1.54, 1.807) is 16.7 Å². The Morgan fingerprint density at radius 3 is 2.41 bits per heavy atom. The lowest BCUT2D eigenvalue weighted by Gasteiger charge is -2.21. The Balaban J connectivity index is 0.000000253. The second-order valence-electron chi connectivity index (χ2n) is 6.72. The maximum Gasteiger partial charge on any atom is 0.265 e. The summed E-state index contributed by atoms with van der Waals surface area (Å²) < 4.78 is 15.2. The first kappa shape index (κ1) is 19.1. The third kappa shape index (κ3) is 4.93. The number of nitrogens with one attached hydrogen (secondary N) is 1. The van der Waals surface area contributed by atoms with E-state index in [2.05, 4.69) is 17.3 Å². The summed E-state index contributed by atoms with van der Waals surface area (Å²) in [6, 6.07) is 15.8. The predicted molar refractivity (Wildman–Crippen MR) is 106 cm³/mol. The monoisotopic (exact) mass is 368 g/mol. The Labute approximate surface area is 158 Å². The summed E-state index contributed by atoms with van der Waals surface area (Å²) in [7, 11) is 2.15. The van der Waals surface area contributed by atoms with Crippen LogP contribution in [0.5, 0.6) is 0 Å². The summed E-state index contributed by atoms with van der Waals surface area (Å²) in [4.78, 5) is 13.9. The summed E-state index contributed by atoms with van der Waals surface area (Å²) in [5.41, 5.74) is 7.49. The zero-order valence-electron chi connectivity index (χ0n) is 15.5. The van der Waals surface area contributed by atoms with Crippen LogP contribution in [0.2, 0.25) is 0 Å². The van der Waals surface area contributed by atoms with E-state index in [0.29, 0.717) is 17.8 Å². The van der Waals surface area contributed by atoms with Crippen molar-refractivity contribution in [3.05, 3.63) is 71.7 Å². The molecule has 0 unspecified atom stereocenters. The highest BCUT2D eigenvalue weighted by Crippen LogP contribution is 2.22. The van der Waals surface area contributed by atoms with E-state index in [9.17, 15) is 9.18 Å². The molecule has 2 aromatic carbocycles. The van der Waals surface area contributed by atoms with Gasteiger partial charge in [-0.05, 0) is 36.9 Å². The van der Waals surface area contributed by atoms with Crippen LogP contribution < -0.4 is 11.1 Å². The SMILES string of the molecule is CN1CCNCC1.NC(=O)c1cc2ccc(F)cc2n1Cc1ccccc1. The number of rotatable bonds is 3. The number of primary amides is 1. The fourth-order valence-electron chi connectivity index (χ4n) is 3.14. The molecule has 1 amide bonds. The lowest BCUT2D eigenvalue weighted by atomic mass is 10.2. The van der Waals surface area contributed by atoms with Crippen molar-refractivity contribution in [3.8, 4) is 0 Å². The molecular weight excluding hydrogens is 343 g/mol. The molecule has 5 nitrogen and oxygen atoms in total. The standard InChI is InChI=1S/C16H13FN2O.C5H12N2/c17-13-7-6-12-8-15(16(18)20)19(14(12)9-13)10-11-4-2-1-3-5-11;1-7-4-2-6-3-5-7/h1-9H,10H2,(H2,18,20);6H,2-5H2,1H3. The zero-order chi connectivity index (χ0) is 19.2. The molecule has 3 aromatic rings. The van der Waals surface area contributed by atoms with Gasteiger partial charge < -0.3 is 20.5 Å². The van der Waals surface area contributed by atoms with Gasteiger partial charge in [-0.2, -0.15) is 0 Å². The molecular formula is C21H25FN4O. The van der Waals surface area contributed by atoms with Crippen molar-refractivity contribution in [2.45, 2.75) is 6.54 Å². The maximum absolute atomic E-state index is 13.4. The molecule has 1 saturated heterocycles. The van der Waals surface area contributed by atoms with Crippen LogP contribution in [0.3, 0.4) is 0 Å². The number of hydrogen-bond donors (Lipinski definition) is 2. The lowest BCUT2D eigenvalue weighted by Crippen LogP contribution is -2.40. The van der Waals surface area contributed by atoms with E-state index in [4.69, 9.17) is 5.73 Å². The number of likely N-dealkylation sites (N-methyl/N-ethyl adjacent to an activating group) is 1. The zero-order valence-corrected chi connectivity index (χ0v) is 15.5. The average molecular weight is 368 g/mol. The molecule has 0 bridgehead atoms. The minimum Gasteiger partial charge on any atom is -0.364 e. The molecule has 0 saturated carbocycles. The lowest BCUT2D eigenvalue weighted by molar-refractivity contribution is 0.0992. The van der Waals surface area contributed by atoms with E-state index < -0.39 is 5.91 Å². The molecule has 27 heavy (non-hydrogen) atoms. The van der Waals surface area contributed by atoms with Crippen LogP contribution in [-0.4, -0.2) is 48.6 Å². The molecule has 142 valence electrons. The van der Waals surface area contributed by atoms with E-state index in [-0.39, 0.29) is 5.82 Å². The van der Waals surface area contributed by atoms with Crippen molar-refractivity contribution < 1.29 is 9.18 Å². The first-order valence-corrected chi connectivity index (χ1v) is 9.06. The van der Waals surface area contributed by atoms with Crippen molar-refractivity contribution in [2.75, 3.05) is 33.2 Å². The van der Waals surface area contributed by atoms with Crippen LogP contribution in [0.25, 0.3) is 10.9 Å². The fraction of sp³-hybridized carbons (Fsp3) is 0.286. The average Bonchev–Trinajstić information content (AvgIpc) is 3.02. The summed E-state index contributed by atoms with van der Waals surface area (Å²) >= 11 is 0. The van der Waals surface area contributed by atoms with Crippen LogP contribution in [-0.2, 0) is 6.54 Å². The molecule has 1 aliphatic rings. The van der Waals surface area contributed by atoms with Crippen molar-refractivity contribution in [2.24, 2.45) is 5.73 Å². The first-order chi connectivity index (χ1) is 13.0. The second kappa shape index (κ2) is 8.79. The molecule has 0 spiro atoms. The number of hydrogen-bond acceptors (Lipinski definition) is 3. The van der Waals surface area contributed by atoms with Crippen LogP contribution >= 0.6 is 0 Å². The van der Waals surface area contributed by atoms with Crippen molar-refractivity contribution in [3.63, 3.8) is 0 Å². The number of carbonyl (C=O) groups is 1. The highest BCUT2D eigenvalue weighted by atomic mass is 19.1. The van der Waals surface area contributed by atoms with Gasteiger partial charge in [-0.1, -0.05) is 30.3 Å². The maximum atomic E-state index is 13.4. The molecule has 0 aliphatic carbocycles. The third-order valence-corrected chi connectivity index (χ3v) is 4.64. The highest BCUT2D eigenvalue weighted by molar-refractivity contribution is 5.97. The van der Waals surface area contributed by atoms with Crippen molar-refractivity contribution in [1.29, 1.82) is 0 Å². The second-order valence-corrected chi connectivity index (χ2v) is 6.72. The minimum atomic E-state index is -0.516. The number of carbonyl (C=O) groups excluding carboxylic acids is 1. The van der Waals surface area contributed by atoms with Gasteiger partial charge in [-0.3, -0.25) is 4.79 Å². The quantitative estimate of drug-likeness (QED) is 0.746. The normalized spacial score (nSPS) is 14.6. The van der Waals surface area contributed by atoms with Gasteiger partial charge in [-0.25, -0.2) is 4.39 Å². The number of nitrogens with two attached hydrogens (primary N) is 1. The Morgan fingerprint density at radius 1 is 1.11 bits per heavy atom. The van der Waals surface area contributed by atoms with Crippen LogP contribution in [0.15, 0.2) is 54.6 Å². The molecule has 6 heteroatoms. The van der Waals surface area contributed by atoms with Gasteiger partial charge in [0, 0.05) is 38.1 Å². The largest absolute Gasteiger partial charge is 0.364 e. The molecule has 0 radical (unpaired) electrons. The summed E-state index contributed by atoms with van der Waals surface area (Å²) in [5.74, 6) is -0.849. The molecule has 1 aliphatic heterocycles. The summed E-state index contributed by atoms with van der Waals surface area (Å²) in [6.45, 7) is 5.22. The Morgan fingerprint density at radius 2 is 1.81 bits per heavy atom. The molecule has 2 heterocycles. The molecule has 1 fully saturated rings. The Bertz CT molecular complexity index is 901. The molecule has 1 aromatic heterocycles.